The predicted octanol–water partition coefficient (Wildman–Crippen LogP) is 0.903. The van der Waals surface area contributed by atoms with Crippen molar-refractivity contribution < 1.29 is 13.2 Å². The molecule has 1 amide bonds. The lowest BCUT2D eigenvalue weighted by atomic mass is 10.3. The molecule has 0 unspecified atom stereocenters. The highest BCUT2D eigenvalue weighted by molar-refractivity contribution is 7.89. The van der Waals surface area contributed by atoms with E-state index in [2.05, 4.69) is 5.32 Å². The summed E-state index contributed by atoms with van der Waals surface area (Å²) in [5.74, 6) is 0.0886. The van der Waals surface area contributed by atoms with Gasteiger partial charge in [-0.3, -0.25) is 4.79 Å². The Hall–Kier alpha value is -0.920. The van der Waals surface area contributed by atoms with Gasteiger partial charge in [0.15, 0.2) is 0 Å². The third kappa shape index (κ3) is 3.30. The fourth-order valence-corrected chi connectivity index (χ4v) is 4.12. The Morgan fingerprint density at radius 2 is 2.28 bits per heavy atom. The lowest BCUT2D eigenvalue weighted by molar-refractivity contribution is 0.0955. The molecule has 0 saturated carbocycles. The number of carbonyl (C=O) groups is 1. The van der Waals surface area contributed by atoms with Crippen molar-refractivity contribution in [3.8, 4) is 0 Å². The molecular weight excluding hydrogens is 272 g/mol. The van der Waals surface area contributed by atoms with Crippen LogP contribution in [0.3, 0.4) is 0 Å². The molecule has 7 heteroatoms. The van der Waals surface area contributed by atoms with Gasteiger partial charge in [-0.15, -0.1) is 11.3 Å². The zero-order chi connectivity index (χ0) is 13.0. The number of nitrogens with zero attached hydrogens (tertiary/aromatic N) is 1. The fraction of sp³-hybridized carbons (Fsp3) is 0.545. The highest BCUT2D eigenvalue weighted by Gasteiger charge is 2.25. The van der Waals surface area contributed by atoms with Gasteiger partial charge < -0.3 is 5.32 Å². The maximum Gasteiger partial charge on any atom is 0.261 e. The quantitative estimate of drug-likeness (QED) is 0.895. The molecular formula is C11H16N2O3S2. The molecule has 5 nitrogen and oxygen atoms in total. The van der Waals surface area contributed by atoms with Crippen molar-refractivity contribution in [2.75, 3.05) is 25.4 Å². The Balaban J connectivity index is 1.80. The maximum absolute atomic E-state index is 11.7. The number of hydrogen-bond acceptors (Lipinski definition) is 4. The first-order valence-corrected chi connectivity index (χ1v) is 8.38. The van der Waals surface area contributed by atoms with Gasteiger partial charge in [0.25, 0.3) is 5.91 Å². The topological polar surface area (TPSA) is 66.5 Å². The number of amides is 1. The molecule has 0 aliphatic carbocycles. The first-order chi connectivity index (χ1) is 8.59. The van der Waals surface area contributed by atoms with Crippen LogP contribution in [0, 0.1) is 0 Å². The molecule has 18 heavy (non-hydrogen) atoms. The van der Waals surface area contributed by atoms with Gasteiger partial charge >= 0.3 is 0 Å². The van der Waals surface area contributed by atoms with E-state index in [9.17, 15) is 13.2 Å². The molecule has 0 aromatic carbocycles. The Morgan fingerprint density at radius 3 is 2.94 bits per heavy atom. The van der Waals surface area contributed by atoms with E-state index < -0.39 is 10.0 Å². The SMILES string of the molecule is O=C(NCCN1CCCCS1(=O)=O)c1cccs1. The van der Waals surface area contributed by atoms with Gasteiger partial charge in [0, 0.05) is 19.6 Å². The number of rotatable bonds is 4. The minimum atomic E-state index is -3.09. The Bertz CT molecular complexity index is 496. The lowest BCUT2D eigenvalue weighted by Gasteiger charge is -2.26. The van der Waals surface area contributed by atoms with E-state index >= 15 is 0 Å². The molecule has 1 fully saturated rings. The van der Waals surface area contributed by atoms with Crippen molar-refractivity contribution in [2.24, 2.45) is 0 Å². The van der Waals surface area contributed by atoms with E-state index in [0.29, 0.717) is 24.5 Å². The highest BCUT2D eigenvalue weighted by Crippen LogP contribution is 2.12. The van der Waals surface area contributed by atoms with Crippen LogP contribution < -0.4 is 5.32 Å². The zero-order valence-electron chi connectivity index (χ0n) is 9.96. The first-order valence-electron chi connectivity index (χ1n) is 5.89. The average molecular weight is 288 g/mol. The van der Waals surface area contributed by atoms with Gasteiger partial charge in [0.1, 0.15) is 0 Å². The van der Waals surface area contributed by atoms with Crippen molar-refractivity contribution >= 4 is 27.3 Å². The summed E-state index contributed by atoms with van der Waals surface area (Å²) in [7, 11) is -3.09. The van der Waals surface area contributed by atoms with Crippen LogP contribution in [0.1, 0.15) is 22.5 Å². The van der Waals surface area contributed by atoms with Crippen molar-refractivity contribution in [2.45, 2.75) is 12.8 Å². The third-order valence-corrected chi connectivity index (χ3v) is 5.67. The average Bonchev–Trinajstić information content (AvgIpc) is 2.84. The molecule has 1 aliphatic rings. The van der Waals surface area contributed by atoms with Crippen molar-refractivity contribution in [3.05, 3.63) is 22.4 Å². The Morgan fingerprint density at radius 1 is 1.44 bits per heavy atom. The monoisotopic (exact) mass is 288 g/mol. The van der Waals surface area contributed by atoms with E-state index in [-0.39, 0.29) is 11.7 Å². The summed E-state index contributed by atoms with van der Waals surface area (Å²) in [6.07, 6.45) is 1.64. The normalized spacial score (nSPS) is 19.6. The van der Waals surface area contributed by atoms with Crippen LogP contribution in [0.15, 0.2) is 17.5 Å². The summed E-state index contributed by atoms with van der Waals surface area (Å²) in [4.78, 5) is 12.3. The minimum Gasteiger partial charge on any atom is -0.350 e. The summed E-state index contributed by atoms with van der Waals surface area (Å²) >= 11 is 1.37. The van der Waals surface area contributed by atoms with Crippen LogP contribution in [-0.4, -0.2) is 44.0 Å². The molecule has 0 radical (unpaired) electrons. The Kier molecular flexibility index (Phi) is 4.36. The summed E-state index contributed by atoms with van der Waals surface area (Å²) in [5.41, 5.74) is 0. The van der Waals surface area contributed by atoms with E-state index in [1.54, 1.807) is 6.07 Å². The number of hydrogen-bond donors (Lipinski definition) is 1. The molecule has 1 N–H and O–H groups in total. The van der Waals surface area contributed by atoms with Crippen LogP contribution in [0.4, 0.5) is 0 Å². The third-order valence-electron chi connectivity index (χ3n) is 2.84. The summed E-state index contributed by atoms with van der Waals surface area (Å²) in [5, 5.41) is 4.57. The molecule has 1 saturated heterocycles. The molecule has 0 spiro atoms. The maximum atomic E-state index is 11.7. The van der Waals surface area contributed by atoms with Crippen molar-refractivity contribution in [1.82, 2.24) is 9.62 Å². The molecule has 1 aromatic heterocycles. The van der Waals surface area contributed by atoms with Gasteiger partial charge in [0.05, 0.1) is 10.6 Å². The van der Waals surface area contributed by atoms with E-state index in [4.69, 9.17) is 0 Å². The summed E-state index contributed by atoms with van der Waals surface area (Å²) < 4.78 is 24.9. The molecule has 0 bridgehead atoms. The predicted molar refractivity (Wildman–Crippen MR) is 71.2 cm³/mol. The van der Waals surface area contributed by atoms with Crippen LogP contribution in [0.5, 0.6) is 0 Å². The van der Waals surface area contributed by atoms with Crippen LogP contribution in [0.25, 0.3) is 0 Å². The summed E-state index contributed by atoms with van der Waals surface area (Å²) in [6.45, 7) is 1.28. The second-order valence-electron chi connectivity index (χ2n) is 4.16. The molecule has 0 atom stereocenters. The number of sulfonamides is 1. The summed E-state index contributed by atoms with van der Waals surface area (Å²) in [6, 6.07) is 3.56. The largest absolute Gasteiger partial charge is 0.350 e. The van der Waals surface area contributed by atoms with E-state index in [1.807, 2.05) is 11.4 Å². The van der Waals surface area contributed by atoms with Crippen LogP contribution in [-0.2, 0) is 10.0 Å². The molecule has 2 rings (SSSR count). The number of carbonyl (C=O) groups excluding carboxylic acids is 1. The molecule has 1 aromatic rings. The fourth-order valence-electron chi connectivity index (χ4n) is 1.88. The lowest BCUT2D eigenvalue weighted by Crippen LogP contribution is -2.42. The molecule has 1 aliphatic heterocycles. The van der Waals surface area contributed by atoms with Gasteiger partial charge in [0.2, 0.25) is 10.0 Å². The second-order valence-corrected chi connectivity index (χ2v) is 7.19. The van der Waals surface area contributed by atoms with Gasteiger partial charge in [-0.1, -0.05) is 6.07 Å². The molecule has 100 valence electrons. The number of nitrogens with one attached hydrogen (secondary N) is 1. The minimum absolute atomic E-state index is 0.139. The first kappa shape index (κ1) is 13.5. The zero-order valence-corrected chi connectivity index (χ0v) is 11.6. The van der Waals surface area contributed by atoms with E-state index in [0.717, 1.165) is 12.8 Å². The number of thiophene rings is 1. The van der Waals surface area contributed by atoms with Crippen LogP contribution >= 0.6 is 11.3 Å². The highest BCUT2D eigenvalue weighted by atomic mass is 32.2. The molecule has 2 heterocycles. The van der Waals surface area contributed by atoms with Gasteiger partial charge in [-0.25, -0.2) is 12.7 Å². The van der Waals surface area contributed by atoms with Crippen LogP contribution in [0.2, 0.25) is 0 Å². The van der Waals surface area contributed by atoms with Gasteiger partial charge in [-0.05, 0) is 24.3 Å². The smallest absolute Gasteiger partial charge is 0.261 e. The standard InChI is InChI=1S/C11H16N2O3S2/c14-11(10-4-3-8-17-10)12-5-7-13-6-1-2-9-18(13,15)16/h3-4,8H,1-2,5-7,9H2,(H,12,14). The van der Waals surface area contributed by atoms with Gasteiger partial charge in [-0.2, -0.15) is 0 Å². The van der Waals surface area contributed by atoms with E-state index in [1.165, 1.54) is 15.6 Å². The second kappa shape index (κ2) is 5.81. The van der Waals surface area contributed by atoms with Crippen molar-refractivity contribution in [3.63, 3.8) is 0 Å². The Labute approximate surface area is 111 Å². The van der Waals surface area contributed by atoms with Crippen molar-refractivity contribution in [1.29, 1.82) is 0 Å².